The van der Waals surface area contributed by atoms with E-state index in [2.05, 4.69) is 14.6 Å². The van der Waals surface area contributed by atoms with Gasteiger partial charge >= 0.3 is 0 Å². The van der Waals surface area contributed by atoms with E-state index in [9.17, 15) is 9.00 Å². The van der Waals surface area contributed by atoms with E-state index in [1.807, 2.05) is 33.6 Å². The highest BCUT2D eigenvalue weighted by molar-refractivity contribution is 7.84. The molecule has 3 rings (SSSR count). The number of hydrogen-bond acceptors (Lipinski definition) is 7. The smallest absolute Gasteiger partial charge is 0.208 e. The molecule has 3 atom stereocenters. The predicted octanol–water partition coefficient (Wildman–Crippen LogP) is 0.725. The molecule has 0 unspecified atom stereocenters. The number of allylic oxidation sites excluding steroid dienone is 1. The van der Waals surface area contributed by atoms with Gasteiger partial charge in [0.15, 0.2) is 5.94 Å². The van der Waals surface area contributed by atoms with Crippen LogP contribution in [-0.2, 0) is 20.5 Å². The molecule has 2 saturated heterocycles. The van der Waals surface area contributed by atoms with Crippen LogP contribution in [0.5, 0.6) is 0 Å². The molecule has 9 heteroatoms. The zero-order valence-corrected chi connectivity index (χ0v) is 18.1. The molecule has 0 amide bonds. The van der Waals surface area contributed by atoms with Crippen LogP contribution in [0.15, 0.2) is 22.6 Å². The van der Waals surface area contributed by atoms with Gasteiger partial charge in [-0.2, -0.15) is 4.99 Å². The molecule has 3 aliphatic rings. The average Bonchev–Trinajstić information content (AvgIpc) is 2.93. The van der Waals surface area contributed by atoms with E-state index in [1.54, 1.807) is 11.9 Å². The van der Waals surface area contributed by atoms with Gasteiger partial charge in [0.1, 0.15) is 11.5 Å². The average molecular weight is 410 g/mol. The number of likely N-dealkylation sites (N-methyl/N-ethyl adjacent to an activating group) is 1. The number of rotatable bonds is 2. The molecule has 1 spiro atoms. The van der Waals surface area contributed by atoms with Crippen LogP contribution in [0.25, 0.3) is 0 Å². The van der Waals surface area contributed by atoms with Crippen molar-refractivity contribution >= 4 is 22.9 Å². The van der Waals surface area contributed by atoms with Crippen LogP contribution in [0.1, 0.15) is 40.5 Å². The molecule has 2 fully saturated rings. The second-order valence-corrected chi connectivity index (χ2v) is 10.9. The number of hydrogen-bond donors (Lipinski definition) is 2. The van der Waals surface area contributed by atoms with E-state index >= 15 is 0 Å². The first-order valence-corrected chi connectivity index (χ1v) is 10.8. The first-order chi connectivity index (χ1) is 13.1. The maximum Gasteiger partial charge on any atom is 0.208 e. The Morgan fingerprint density at radius 2 is 2.04 bits per heavy atom. The van der Waals surface area contributed by atoms with Crippen LogP contribution in [-0.4, -0.2) is 69.5 Å². The highest BCUT2D eigenvalue weighted by atomic mass is 32.2. The number of guanidine groups is 1. The molecule has 28 heavy (non-hydrogen) atoms. The standard InChI is InChI=1S/C19H31N5O3S/c1-13-16(22-28(26)18(2,3)4)19(12-27-13)6-8-24(9-7-19)17-21-15(20)10-14(11-25)23(17)5/h10,13,16,22H,6-9,12,20H2,1-5H3/t13-,16+,28+/m0/s1. The molecule has 3 aliphatic heterocycles. The molecule has 3 N–H and O–H groups in total. The number of piperidine rings is 1. The van der Waals surface area contributed by atoms with Gasteiger partial charge in [-0.1, -0.05) is 0 Å². The van der Waals surface area contributed by atoms with Gasteiger partial charge in [-0.05, 0) is 40.5 Å². The van der Waals surface area contributed by atoms with Gasteiger partial charge in [-0.15, -0.1) is 0 Å². The van der Waals surface area contributed by atoms with Crippen molar-refractivity contribution in [2.24, 2.45) is 16.1 Å². The van der Waals surface area contributed by atoms with Gasteiger partial charge in [0.2, 0.25) is 5.96 Å². The van der Waals surface area contributed by atoms with Crippen molar-refractivity contribution in [1.29, 1.82) is 0 Å². The van der Waals surface area contributed by atoms with E-state index in [4.69, 9.17) is 10.5 Å². The van der Waals surface area contributed by atoms with Crippen molar-refractivity contribution in [3.63, 3.8) is 0 Å². The van der Waals surface area contributed by atoms with Crippen LogP contribution >= 0.6 is 0 Å². The lowest BCUT2D eigenvalue weighted by molar-refractivity contribution is 0.0820. The zero-order valence-electron chi connectivity index (χ0n) is 17.3. The Bertz CT molecular complexity index is 758. The third-order valence-electron chi connectivity index (χ3n) is 5.87. The first kappa shape index (κ1) is 21.0. The van der Waals surface area contributed by atoms with E-state index in [0.717, 1.165) is 25.9 Å². The SMILES string of the molecule is C[C@@H]1OCC2(CCN(C3=NC(N)=CC(=C=O)N3C)CC2)[C@@H]1N[S@](=O)C(C)(C)C. The zero-order chi connectivity index (χ0) is 20.7. The van der Waals surface area contributed by atoms with Crippen molar-refractivity contribution in [1.82, 2.24) is 14.5 Å². The number of likely N-dealkylation sites (tertiary alicyclic amines) is 1. The van der Waals surface area contributed by atoms with Crippen LogP contribution < -0.4 is 10.5 Å². The first-order valence-electron chi connectivity index (χ1n) is 9.67. The van der Waals surface area contributed by atoms with Gasteiger partial charge in [-0.25, -0.2) is 13.7 Å². The molecule has 0 saturated carbocycles. The fourth-order valence-electron chi connectivity index (χ4n) is 4.05. The lowest BCUT2D eigenvalue weighted by Crippen LogP contribution is -2.56. The Kier molecular flexibility index (Phi) is 5.74. The molecule has 0 aromatic carbocycles. The van der Waals surface area contributed by atoms with Crippen molar-refractivity contribution in [2.45, 2.75) is 57.4 Å². The van der Waals surface area contributed by atoms with Crippen molar-refractivity contribution in [3.05, 3.63) is 17.6 Å². The number of nitrogens with zero attached hydrogens (tertiary/aromatic N) is 3. The quantitative estimate of drug-likeness (QED) is 0.652. The minimum absolute atomic E-state index is 0.00993. The van der Waals surface area contributed by atoms with Gasteiger partial charge < -0.3 is 20.3 Å². The Morgan fingerprint density at radius 3 is 2.61 bits per heavy atom. The highest BCUT2D eigenvalue weighted by Crippen LogP contribution is 2.43. The molecule has 0 aromatic heterocycles. The van der Waals surface area contributed by atoms with Crippen LogP contribution in [0.3, 0.4) is 0 Å². The number of carbonyl (C=O) groups excluding carboxylic acids is 1. The summed E-state index contributed by atoms with van der Waals surface area (Å²) in [6.45, 7) is 10.1. The van der Waals surface area contributed by atoms with Gasteiger partial charge in [0, 0.05) is 31.6 Å². The highest BCUT2D eigenvalue weighted by Gasteiger charge is 2.51. The molecular formula is C19H31N5O3S. The summed E-state index contributed by atoms with van der Waals surface area (Å²) in [4.78, 5) is 19.5. The van der Waals surface area contributed by atoms with Crippen LogP contribution in [0.4, 0.5) is 0 Å². The second-order valence-electron chi connectivity index (χ2n) is 8.87. The fourth-order valence-corrected chi connectivity index (χ4v) is 5.08. The minimum Gasteiger partial charge on any atom is -0.383 e. The normalized spacial score (nSPS) is 28.8. The van der Waals surface area contributed by atoms with Gasteiger partial charge in [0.05, 0.1) is 34.5 Å². The Balaban J connectivity index is 1.74. The summed E-state index contributed by atoms with van der Waals surface area (Å²) < 4.78 is 21.7. The van der Waals surface area contributed by atoms with Crippen molar-refractivity contribution in [2.75, 3.05) is 26.7 Å². The predicted molar refractivity (Wildman–Crippen MR) is 110 cm³/mol. The van der Waals surface area contributed by atoms with E-state index in [1.165, 1.54) is 6.08 Å². The molecule has 0 bridgehead atoms. The number of nitrogens with two attached hydrogens (primary N) is 1. The second kappa shape index (κ2) is 7.63. The fraction of sp³-hybridized carbons (Fsp3) is 0.737. The van der Waals surface area contributed by atoms with Crippen LogP contribution in [0.2, 0.25) is 0 Å². The number of ether oxygens (including phenoxy) is 1. The summed E-state index contributed by atoms with van der Waals surface area (Å²) in [5.74, 6) is 2.89. The molecule has 0 aliphatic carbocycles. The Morgan fingerprint density at radius 1 is 1.39 bits per heavy atom. The summed E-state index contributed by atoms with van der Waals surface area (Å²) in [6, 6.07) is 0.0381. The monoisotopic (exact) mass is 409 g/mol. The lowest BCUT2D eigenvalue weighted by Gasteiger charge is -2.45. The summed E-state index contributed by atoms with van der Waals surface area (Å²) in [7, 11) is 0.645. The third-order valence-corrected chi connectivity index (χ3v) is 7.46. The van der Waals surface area contributed by atoms with Crippen molar-refractivity contribution < 1.29 is 13.7 Å². The Hall–Kier alpha value is -1.67. The molecule has 0 radical (unpaired) electrons. The van der Waals surface area contributed by atoms with E-state index in [-0.39, 0.29) is 22.3 Å². The van der Waals surface area contributed by atoms with Crippen molar-refractivity contribution in [3.8, 4) is 0 Å². The molecule has 3 heterocycles. The van der Waals surface area contributed by atoms with Gasteiger partial charge in [0.25, 0.3) is 0 Å². The third kappa shape index (κ3) is 3.89. The minimum atomic E-state index is -1.15. The molecule has 0 aromatic rings. The lowest BCUT2D eigenvalue weighted by atomic mass is 9.73. The topological polar surface area (TPSA) is 100 Å². The number of aliphatic imine (C=N–C) groups is 1. The van der Waals surface area contributed by atoms with E-state index in [0.29, 0.717) is 24.1 Å². The summed E-state index contributed by atoms with van der Waals surface area (Å²) in [6.07, 6.45) is 3.30. The summed E-state index contributed by atoms with van der Waals surface area (Å²) in [5, 5.41) is 0. The largest absolute Gasteiger partial charge is 0.383 e. The van der Waals surface area contributed by atoms with Gasteiger partial charge in [-0.3, -0.25) is 0 Å². The van der Waals surface area contributed by atoms with Crippen LogP contribution in [0, 0.1) is 5.41 Å². The maximum absolute atomic E-state index is 12.7. The molecule has 156 valence electrons. The summed E-state index contributed by atoms with van der Waals surface area (Å²) >= 11 is 0. The molecule has 8 nitrogen and oxygen atoms in total. The van der Waals surface area contributed by atoms with E-state index < -0.39 is 11.0 Å². The Labute approximate surface area is 169 Å². The molecular weight excluding hydrogens is 378 g/mol. The maximum atomic E-state index is 12.7. The summed E-state index contributed by atoms with van der Waals surface area (Å²) in [5.41, 5.74) is 6.18. The number of nitrogens with one attached hydrogen (secondary N) is 1.